The minimum Gasteiger partial charge on any atom is -0.474 e. The molecule has 1 heterocycles. The molecule has 1 aliphatic rings. The molecule has 6 heteroatoms. The van der Waals surface area contributed by atoms with Crippen LogP contribution in [-0.2, 0) is 17.3 Å². The number of benzene rings is 1. The number of hydrogen-bond donors (Lipinski definition) is 1. The highest BCUT2D eigenvalue weighted by Crippen LogP contribution is 2.25. The molecular weight excluding hydrogens is 336 g/mol. The van der Waals surface area contributed by atoms with Crippen molar-refractivity contribution < 1.29 is 13.7 Å². The van der Waals surface area contributed by atoms with Crippen LogP contribution in [0.4, 0.5) is 0 Å². The normalized spacial score (nSPS) is 15.7. The summed E-state index contributed by atoms with van der Waals surface area (Å²) in [4.78, 5) is 17.3. The third kappa shape index (κ3) is 4.66. The number of rotatable bonds is 6. The van der Waals surface area contributed by atoms with E-state index in [1.165, 1.54) is 12.8 Å². The lowest BCUT2D eigenvalue weighted by molar-refractivity contribution is 0.0950. The van der Waals surface area contributed by atoms with E-state index in [-0.39, 0.29) is 12.0 Å². The van der Waals surface area contributed by atoms with Crippen LogP contribution in [0, 0.1) is 0 Å². The molecule has 25 heavy (non-hydrogen) atoms. The van der Waals surface area contributed by atoms with Crippen molar-refractivity contribution in [2.24, 2.45) is 0 Å². The van der Waals surface area contributed by atoms with E-state index in [1.807, 2.05) is 12.1 Å². The maximum atomic E-state index is 12.3. The molecule has 2 aromatic rings. The first kappa shape index (κ1) is 17.6. The highest BCUT2D eigenvalue weighted by atomic mass is 32.2. The molecule has 0 bridgehead atoms. The van der Waals surface area contributed by atoms with Crippen LogP contribution in [0.5, 0.6) is 5.88 Å². The van der Waals surface area contributed by atoms with Crippen LogP contribution < -0.4 is 10.1 Å². The van der Waals surface area contributed by atoms with Crippen LogP contribution in [-0.4, -0.2) is 27.5 Å². The Labute approximate surface area is 150 Å². The van der Waals surface area contributed by atoms with Crippen LogP contribution in [0.15, 0.2) is 47.5 Å². The molecule has 1 saturated carbocycles. The highest BCUT2D eigenvalue weighted by molar-refractivity contribution is 7.84. The van der Waals surface area contributed by atoms with Crippen LogP contribution in [0.3, 0.4) is 0 Å². The van der Waals surface area contributed by atoms with E-state index in [9.17, 15) is 9.00 Å². The lowest BCUT2D eigenvalue weighted by atomic mass is 10.2. The van der Waals surface area contributed by atoms with Gasteiger partial charge in [-0.25, -0.2) is 4.98 Å². The van der Waals surface area contributed by atoms with Gasteiger partial charge < -0.3 is 10.1 Å². The van der Waals surface area contributed by atoms with E-state index in [0.29, 0.717) is 22.9 Å². The van der Waals surface area contributed by atoms with Gasteiger partial charge in [0.05, 0.1) is 0 Å². The summed E-state index contributed by atoms with van der Waals surface area (Å²) in [5.41, 5.74) is 1.41. The zero-order valence-electron chi connectivity index (χ0n) is 14.2. The van der Waals surface area contributed by atoms with Crippen LogP contribution in [0.2, 0.25) is 0 Å². The van der Waals surface area contributed by atoms with Crippen molar-refractivity contribution in [3.63, 3.8) is 0 Å². The summed E-state index contributed by atoms with van der Waals surface area (Å²) in [6, 6.07) is 10.6. The number of ether oxygens (including phenoxy) is 1. The minimum atomic E-state index is -1.05. The third-order valence-corrected chi connectivity index (χ3v) is 5.25. The predicted molar refractivity (Wildman–Crippen MR) is 97.1 cm³/mol. The molecular formula is C19H22N2O3S. The van der Waals surface area contributed by atoms with Crippen LogP contribution in [0.1, 0.15) is 41.6 Å². The lowest BCUT2D eigenvalue weighted by Gasteiger charge is -2.15. The number of nitrogens with zero attached hydrogens (tertiary/aromatic N) is 1. The minimum absolute atomic E-state index is 0.177. The molecule has 1 aliphatic carbocycles. The van der Waals surface area contributed by atoms with Gasteiger partial charge in [0.2, 0.25) is 5.88 Å². The molecule has 1 fully saturated rings. The number of amides is 1. The summed E-state index contributed by atoms with van der Waals surface area (Å²) in [6.07, 6.45) is 8.07. The number of aromatic nitrogens is 1. The SMILES string of the molecule is CS(=O)c1ccc(C(=O)NCc2cccnc2OC2CCCC2)cc1. The fourth-order valence-electron chi connectivity index (χ4n) is 2.90. The molecule has 0 spiro atoms. The Morgan fingerprint density at radius 1 is 1.24 bits per heavy atom. The van der Waals surface area contributed by atoms with Gasteiger partial charge in [-0.3, -0.25) is 9.00 Å². The summed E-state index contributed by atoms with van der Waals surface area (Å²) in [5.74, 6) is 0.426. The molecule has 5 nitrogen and oxygen atoms in total. The van der Waals surface area contributed by atoms with E-state index >= 15 is 0 Å². The van der Waals surface area contributed by atoms with E-state index in [0.717, 1.165) is 18.4 Å². The second-order valence-corrected chi connectivity index (χ2v) is 7.53. The third-order valence-electron chi connectivity index (χ3n) is 4.32. The summed E-state index contributed by atoms with van der Waals surface area (Å²) < 4.78 is 17.4. The van der Waals surface area contributed by atoms with Crippen LogP contribution in [0.25, 0.3) is 0 Å². The Kier molecular flexibility index (Phi) is 5.81. The molecule has 3 rings (SSSR count). The zero-order valence-corrected chi connectivity index (χ0v) is 15.1. The summed E-state index contributed by atoms with van der Waals surface area (Å²) in [7, 11) is -1.05. The first-order chi connectivity index (χ1) is 12.1. The van der Waals surface area contributed by atoms with Gasteiger partial charge in [0.1, 0.15) is 6.10 Å². The highest BCUT2D eigenvalue weighted by Gasteiger charge is 2.18. The average Bonchev–Trinajstić information content (AvgIpc) is 3.14. The second kappa shape index (κ2) is 8.25. The fourth-order valence-corrected chi connectivity index (χ4v) is 3.42. The van der Waals surface area contributed by atoms with E-state index in [2.05, 4.69) is 10.3 Å². The number of nitrogens with one attached hydrogen (secondary N) is 1. The molecule has 1 aromatic carbocycles. The molecule has 1 amide bonds. The van der Waals surface area contributed by atoms with Crippen molar-refractivity contribution in [3.8, 4) is 5.88 Å². The number of pyridine rings is 1. The maximum Gasteiger partial charge on any atom is 0.251 e. The molecule has 1 aromatic heterocycles. The van der Waals surface area contributed by atoms with E-state index < -0.39 is 10.8 Å². The quantitative estimate of drug-likeness (QED) is 0.862. The maximum absolute atomic E-state index is 12.3. The zero-order chi connectivity index (χ0) is 17.6. The van der Waals surface area contributed by atoms with Crippen LogP contribution >= 0.6 is 0 Å². The molecule has 1 unspecified atom stereocenters. The van der Waals surface area contributed by atoms with Crippen molar-refractivity contribution in [3.05, 3.63) is 53.7 Å². The number of hydrogen-bond acceptors (Lipinski definition) is 4. The standard InChI is InChI=1S/C19H22N2O3S/c1-25(23)17-10-8-14(9-11-17)18(22)21-13-15-5-4-12-20-19(15)24-16-6-2-3-7-16/h4-5,8-12,16H,2-3,6-7,13H2,1H3,(H,21,22). The molecule has 132 valence electrons. The molecule has 0 aliphatic heterocycles. The van der Waals surface area contributed by atoms with Gasteiger partial charge in [0.25, 0.3) is 5.91 Å². The monoisotopic (exact) mass is 358 g/mol. The smallest absolute Gasteiger partial charge is 0.251 e. The van der Waals surface area contributed by atoms with Gasteiger partial charge >= 0.3 is 0 Å². The second-order valence-electron chi connectivity index (χ2n) is 6.15. The molecule has 0 saturated heterocycles. The summed E-state index contributed by atoms with van der Waals surface area (Å²) in [6.45, 7) is 0.357. The summed E-state index contributed by atoms with van der Waals surface area (Å²) in [5, 5.41) is 2.89. The van der Waals surface area contributed by atoms with Gasteiger partial charge in [-0.05, 0) is 56.0 Å². The first-order valence-electron chi connectivity index (χ1n) is 8.46. The summed E-state index contributed by atoms with van der Waals surface area (Å²) >= 11 is 0. The first-order valence-corrected chi connectivity index (χ1v) is 10.0. The Bertz CT molecular complexity index is 756. The molecule has 0 radical (unpaired) electrons. The Morgan fingerprint density at radius 3 is 2.64 bits per heavy atom. The fraction of sp³-hybridized carbons (Fsp3) is 0.368. The van der Waals surface area contributed by atoms with Gasteiger partial charge in [-0.2, -0.15) is 0 Å². The van der Waals surface area contributed by atoms with Gasteiger partial charge in [-0.1, -0.05) is 6.07 Å². The van der Waals surface area contributed by atoms with Crippen molar-refractivity contribution in [2.45, 2.75) is 43.2 Å². The van der Waals surface area contributed by atoms with Crippen molar-refractivity contribution in [1.82, 2.24) is 10.3 Å². The topological polar surface area (TPSA) is 68.3 Å². The van der Waals surface area contributed by atoms with Gasteiger partial charge in [0, 0.05) is 45.8 Å². The van der Waals surface area contributed by atoms with Crippen molar-refractivity contribution in [1.29, 1.82) is 0 Å². The van der Waals surface area contributed by atoms with Crippen molar-refractivity contribution in [2.75, 3.05) is 6.26 Å². The Balaban J connectivity index is 1.62. The largest absolute Gasteiger partial charge is 0.474 e. The Hall–Kier alpha value is -2.21. The average molecular weight is 358 g/mol. The number of carbonyl (C=O) groups excluding carboxylic acids is 1. The number of carbonyl (C=O) groups is 1. The Morgan fingerprint density at radius 2 is 1.96 bits per heavy atom. The predicted octanol–water partition coefficient (Wildman–Crippen LogP) is 3.07. The lowest BCUT2D eigenvalue weighted by Crippen LogP contribution is -2.24. The van der Waals surface area contributed by atoms with Gasteiger partial charge in [-0.15, -0.1) is 0 Å². The molecule has 1 atom stereocenters. The van der Waals surface area contributed by atoms with E-state index in [4.69, 9.17) is 4.74 Å². The van der Waals surface area contributed by atoms with Crippen molar-refractivity contribution >= 4 is 16.7 Å². The van der Waals surface area contributed by atoms with Gasteiger partial charge in [0.15, 0.2) is 0 Å². The van der Waals surface area contributed by atoms with E-state index in [1.54, 1.807) is 36.7 Å². The molecule has 1 N–H and O–H groups in total.